The Kier molecular flexibility index (Phi) is 11.4. The summed E-state index contributed by atoms with van der Waals surface area (Å²) in [6, 6.07) is 12.8. The van der Waals surface area contributed by atoms with Gasteiger partial charge < -0.3 is 14.5 Å². The molecule has 0 spiro atoms. The Labute approximate surface area is 377 Å². The number of unbranched alkanes of at least 4 members (excludes halogenated alkanes) is 2. The summed E-state index contributed by atoms with van der Waals surface area (Å²) in [4.78, 5) is 66.8. The van der Waals surface area contributed by atoms with Crippen LogP contribution in [0.2, 0.25) is 15.1 Å². The van der Waals surface area contributed by atoms with E-state index in [0.717, 1.165) is 55.6 Å². The summed E-state index contributed by atoms with van der Waals surface area (Å²) >= 11 is 22.3. The molecule has 3 heterocycles. The van der Waals surface area contributed by atoms with Gasteiger partial charge in [0, 0.05) is 90.0 Å². The van der Waals surface area contributed by atoms with E-state index in [1.165, 1.54) is 9.80 Å². The molecule has 3 aliphatic rings. The molecular formula is C50H51Cl3N4O5. The van der Waals surface area contributed by atoms with Crippen LogP contribution in [-0.2, 0) is 4.74 Å². The van der Waals surface area contributed by atoms with Gasteiger partial charge in [-0.2, -0.15) is 0 Å². The first-order chi connectivity index (χ1) is 29.8. The van der Waals surface area contributed by atoms with Crippen LogP contribution >= 0.6 is 34.8 Å². The molecular weight excluding hydrogens is 843 g/mol. The number of imide groups is 2. The number of nitrogens with zero attached hydrogens (tertiary/aromatic N) is 4. The Bertz CT molecular complexity index is 2810. The molecule has 322 valence electrons. The van der Waals surface area contributed by atoms with Crippen molar-refractivity contribution < 1.29 is 23.9 Å². The zero-order valence-corrected chi connectivity index (χ0v) is 38.4. The van der Waals surface area contributed by atoms with Crippen LogP contribution in [0.4, 0.5) is 11.4 Å². The highest BCUT2D eigenvalue weighted by atomic mass is 35.5. The zero-order chi connectivity index (χ0) is 43.9. The lowest BCUT2D eigenvalue weighted by molar-refractivity contribution is 0.0591. The Hall–Kier alpha value is -4.51. The van der Waals surface area contributed by atoms with Crippen molar-refractivity contribution in [2.75, 3.05) is 62.3 Å². The number of rotatable bonds is 13. The predicted octanol–water partition coefficient (Wildman–Crippen LogP) is 12.1. The molecule has 62 heavy (non-hydrogen) atoms. The quantitative estimate of drug-likeness (QED) is 0.0648. The maximum Gasteiger partial charge on any atom is 0.266 e. The molecule has 9 rings (SSSR count). The van der Waals surface area contributed by atoms with Crippen LogP contribution in [0.5, 0.6) is 0 Å². The van der Waals surface area contributed by atoms with Crippen molar-refractivity contribution in [3.8, 4) is 0 Å². The maximum atomic E-state index is 15.1. The SMILES string of the molecule is CCCCN(CCCC)CCN1C(=O)c2cc(Cl)c3c4c(Cl)cc5c6c(cc(Cl)c(c7c(N8CCOCC8)cc(c2c37)C1=O)c64)C(=O)N(c1c(C(C)C)cccc1C(C)C)C5=O. The third-order valence-electron chi connectivity index (χ3n) is 13.2. The standard InChI is InChI=1S/C50H51Cl3N4O5/c1-7-9-14-54(15-10-8-2)16-17-56-47(58)30-22-34(51)41-40-35(52)23-31-39-32(50(61)57(49(31)60)46-28(26(3)4)12-11-13-29(46)27(5)6)24-36(53)42(44(39)40)43-37(55-18-20-62-21-19-55)25-33(48(56)59)38(30)45(41)43/h11-13,22-27H,7-10,14-21H2,1-6H3. The molecule has 0 unspecified atom stereocenters. The minimum atomic E-state index is -0.478. The molecule has 0 aliphatic carbocycles. The molecule has 6 aromatic carbocycles. The Morgan fingerprint density at radius 3 is 1.53 bits per heavy atom. The van der Waals surface area contributed by atoms with Crippen LogP contribution in [0.1, 0.15) is 132 Å². The highest BCUT2D eigenvalue weighted by molar-refractivity contribution is 6.55. The fraction of sp³-hybridized carbons (Fsp3) is 0.400. The Morgan fingerprint density at radius 1 is 0.597 bits per heavy atom. The van der Waals surface area contributed by atoms with E-state index in [9.17, 15) is 9.59 Å². The van der Waals surface area contributed by atoms with Crippen LogP contribution in [0.25, 0.3) is 43.1 Å². The molecule has 0 aromatic heterocycles. The number of hydrogen-bond donors (Lipinski definition) is 0. The molecule has 1 fully saturated rings. The number of carbonyl (C=O) groups is 4. The van der Waals surface area contributed by atoms with Gasteiger partial charge in [0.1, 0.15) is 0 Å². The first kappa shape index (κ1) is 42.8. The molecule has 1 saturated heterocycles. The van der Waals surface area contributed by atoms with Crippen LogP contribution in [0.15, 0.2) is 42.5 Å². The Balaban J connectivity index is 1.32. The van der Waals surface area contributed by atoms with Crippen molar-refractivity contribution >= 4 is 113 Å². The topological polar surface area (TPSA) is 90.5 Å². The predicted molar refractivity (Wildman–Crippen MR) is 253 cm³/mol. The van der Waals surface area contributed by atoms with Gasteiger partial charge in [0.15, 0.2) is 0 Å². The molecule has 0 bridgehead atoms. The number of ether oxygens (including phenoxy) is 1. The highest BCUT2D eigenvalue weighted by Crippen LogP contribution is 2.55. The van der Waals surface area contributed by atoms with Crippen LogP contribution in [0, 0.1) is 0 Å². The second kappa shape index (κ2) is 16.6. The number of fused-ring (bicyclic) bond motifs is 2. The number of benzene rings is 6. The summed E-state index contributed by atoms with van der Waals surface area (Å²) in [6.07, 6.45) is 4.17. The first-order valence-corrected chi connectivity index (χ1v) is 23.2. The van der Waals surface area contributed by atoms with E-state index >= 15 is 9.59 Å². The number of anilines is 2. The second-order valence-electron chi connectivity index (χ2n) is 17.6. The van der Waals surface area contributed by atoms with Crippen LogP contribution in [0.3, 0.4) is 0 Å². The van der Waals surface area contributed by atoms with E-state index < -0.39 is 17.7 Å². The van der Waals surface area contributed by atoms with E-state index in [2.05, 4.69) is 23.6 Å². The minimum absolute atomic E-state index is 0.0183. The van der Waals surface area contributed by atoms with Gasteiger partial charge in [-0.3, -0.25) is 24.1 Å². The van der Waals surface area contributed by atoms with Gasteiger partial charge in [-0.1, -0.05) is 107 Å². The number of carbonyl (C=O) groups excluding carboxylic acids is 4. The van der Waals surface area contributed by atoms with Crippen LogP contribution in [-0.4, -0.2) is 85.9 Å². The average Bonchev–Trinajstić information content (AvgIpc) is 3.25. The van der Waals surface area contributed by atoms with Gasteiger partial charge in [-0.15, -0.1) is 0 Å². The van der Waals surface area contributed by atoms with E-state index in [-0.39, 0.29) is 50.5 Å². The number of para-hydroxylation sites is 1. The van der Waals surface area contributed by atoms with Gasteiger partial charge in [-0.05, 0) is 73.2 Å². The summed E-state index contributed by atoms with van der Waals surface area (Å²) in [5.41, 5.74) is 4.37. The molecule has 0 saturated carbocycles. The molecule has 9 nitrogen and oxygen atoms in total. The summed E-state index contributed by atoms with van der Waals surface area (Å²) in [6.45, 7) is 17.1. The van der Waals surface area contributed by atoms with E-state index in [1.54, 1.807) is 18.2 Å². The van der Waals surface area contributed by atoms with Crippen molar-refractivity contribution in [1.82, 2.24) is 9.80 Å². The van der Waals surface area contributed by atoms with E-state index in [0.29, 0.717) is 92.8 Å². The lowest BCUT2D eigenvalue weighted by Crippen LogP contribution is -2.45. The Morgan fingerprint density at radius 2 is 1.05 bits per heavy atom. The van der Waals surface area contributed by atoms with E-state index in [4.69, 9.17) is 39.5 Å². The number of halogens is 3. The molecule has 6 aromatic rings. The first-order valence-electron chi connectivity index (χ1n) is 22.1. The number of amides is 4. The number of morpholine rings is 1. The maximum absolute atomic E-state index is 15.1. The van der Waals surface area contributed by atoms with Crippen LogP contribution < -0.4 is 9.80 Å². The van der Waals surface area contributed by atoms with Crippen molar-refractivity contribution in [3.63, 3.8) is 0 Å². The minimum Gasteiger partial charge on any atom is -0.378 e. The van der Waals surface area contributed by atoms with Crippen molar-refractivity contribution in [2.45, 2.75) is 79.1 Å². The van der Waals surface area contributed by atoms with Gasteiger partial charge >= 0.3 is 0 Å². The normalized spacial score (nSPS) is 15.8. The van der Waals surface area contributed by atoms with Gasteiger partial charge in [0.2, 0.25) is 0 Å². The zero-order valence-electron chi connectivity index (χ0n) is 36.1. The molecule has 3 aliphatic heterocycles. The summed E-state index contributed by atoms with van der Waals surface area (Å²) in [5.74, 6) is -1.69. The molecule has 0 N–H and O–H groups in total. The number of hydrogen-bond acceptors (Lipinski definition) is 7. The summed E-state index contributed by atoms with van der Waals surface area (Å²) < 4.78 is 5.80. The highest BCUT2D eigenvalue weighted by Gasteiger charge is 2.42. The van der Waals surface area contributed by atoms with Gasteiger partial charge in [0.05, 0.1) is 41.2 Å². The van der Waals surface area contributed by atoms with Crippen molar-refractivity contribution in [2.24, 2.45) is 0 Å². The second-order valence-corrected chi connectivity index (χ2v) is 18.8. The third kappa shape index (κ3) is 6.56. The van der Waals surface area contributed by atoms with E-state index in [1.807, 2.05) is 52.0 Å². The average molecular weight is 894 g/mol. The molecule has 0 atom stereocenters. The largest absolute Gasteiger partial charge is 0.378 e. The summed E-state index contributed by atoms with van der Waals surface area (Å²) in [7, 11) is 0. The molecule has 12 heteroatoms. The smallest absolute Gasteiger partial charge is 0.266 e. The summed E-state index contributed by atoms with van der Waals surface area (Å²) in [5, 5.41) is 5.14. The lowest BCUT2D eigenvalue weighted by atomic mass is 9.81. The fourth-order valence-corrected chi connectivity index (χ4v) is 11.0. The van der Waals surface area contributed by atoms with Gasteiger partial charge in [-0.25, -0.2) is 4.90 Å². The third-order valence-corrected chi connectivity index (χ3v) is 14.1. The monoisotopic (exact) mass is 892 g/mol. The molecule has 4 amide bonds. The van der Waals surface area contributed by atoms with Crippen molar-refractivity contribution in [1.29, 1.82) is 0 Å². The molecule has 0 radical (unpaired) electrons. The lowest BCUT2D eigenvalue weighted by Gasteiger charge is -2.36. The van der Waals surface area contributed by atoms with Gasteiger partial charge in [0.25, 0.3) is 23.6 Å². The van der Waals surface area contributed by atoms with Crippen molar-refractivity contribution in [3.05, 3.63) is 90.9 Å². The fourth-order valence-electron chi connectivity index (χ4n) is 10.1.